The monoisotopic (exact) mass is 635 g/mol. The Balaban J connectivity index is 2.21. The summed E-state index contributed by atoms with van der Waals surface area (Å²) in [5.41, 5.74) is 6.17. The summed E-state index contributed by atoms with van der Waals surface area (Å²) in [6.45, 7) is 9.02. The molecule has 2 aromatic rings. The maximum atomic E-state index is 5.16. The maximum absolute atomic E-state index is 5.16. The summed E-state index contributed by atoms with van der Waals surface area (Å²) in [6.07, 6.45) is 34.9. The van der Waals surface area contributed by atoms with Gasteiger partial charge in [0, 0.05) is 6.42 Å². The lowest BCUT2D eigenvalue weighted by Gasteiger charge is -2.07. The van der Waals surface area contributed by atoms with E-state index in [1.165, 1.54) is 101 Å². The molecule has 0 aliphatic heterocycles. The molecule has 0 unspecified atom stereocenters. The standard InChI is InChI=1S/C45H66N2/c1-5-9-13-16-17-18-19-20-21-24-27-31-45(47-43-38-34-41(35-39-43)29-26-23-15-11-7-3)44(30-12-8-4)46-42-36-32-40(33-37-42)28-25-22-14-10-6-2/h25-26,28-29,32-39H,5-24,30H2,1-4H3. The molecule has 256 valence electrons. The largest absolute Gasteiger partial charge is 0.251 e. The van der Waals surface area contributed by atoms with Crippen molar-refractivity contribution in [3.05, 3.63) is 71.8 Å². The number of aliphatic imine (C=N–C) groups is 2. The molecule has 47 heavy (non-hydrogen) atoms. The van der Waals surface area contributed by atoms with Gasteiger partial charge in [0.25, 0.3) is 0 Å². The van der Waals surface area contributed by atoms with Crippen LogP contribution < -0.4 is 0 Å². The fourth-order valence-electron chi connectivity index (χ4n) is 5.47. The average molecular weight is 635 g/mol. The summed E-state index contributed by atoms with van der Waals surface area (Å²) in [6, 6.07) is 17.2. The molecule has 0 aromatic heterocycles. The van der Waals surface area contributed by atoms with Crippen molar-refractivity contribution in [2.45, 2.75) is 163 Å². The first-order chi connectivity index (χ1) is 23.2. The van der Waals surface area contributed by atoms with Crippen LogP contribution in [0.4, 0.5) is 11.4 Å². The van der Waals surface area contributed by atoms with Crippen LogP contribution in [0, 0.1) is 11.8 Å². The highest BCUT2D eigenvalue weighted by molar-refractivity contribution is 6.49. The van der Waals surface area contributed by atoms with E-state index in [1.54, 1.807) is 0 Å². The molecule has 0 saturated heterocycles. The van der Waals surface area contributed by atoms with Gasteiger partial charge in [0.1, 0.15) is 5.71 Å². The second-order valence-electron chi connectivity index (χ2n) is 13.0. The topological polar surface area (TPSA) is 24.7 Å². The SMILES string of the molecule is CCCCCC=Cc1ccc(N=C(C#CCCCCCCCCCCC)C(CCCC)=Nc2ccc(C=CCCCCC)cc2)cc1. The lowest BCUT2D eigenvalue weighted by atomic mass is 10.1. The Morgan fingerprint density at radius 1 is 0.511 bits per heavy atom. The molecule has 0 spiro atoms. The van der Waals surface area contributed by atoms with Crippen molar-refractivity contribution >= 4 is 35.0 Å². The summed E-state index contributed by atoms with van der Waals surface area (Å²) >= 11 is 0. The van der Waals surface area contributed by atoms with Gasteiger partial charge in [0.2, 0.25) is 0 Å². The third-order valence-corrected chi connectivity index (χ3v) is 8.51. The first-order valence-electron chi connectivity index (χ1n) is 19.4. The zero-order valence-electron chi connectivity index (χ0n) is 30.7. The summed E-state index contributed by atoms with van der Waals surface area (Å²) in [5, 5.41) is 0. The fourth-order valence-corrected chi connectivity index (χ4v) is 5.47. The van der Waals surface area contributed by atoms with Crippen molar-refractivity contribution in [1.29, 1.82) is 0 Å². The van der Waals surface area contributed by atoms with Crippen LogP contribution in [-0.2, 0) is 0 Å². The van der Waals surface area contributed by atoms with Gasteiger partial charge in [-0.3, -0.25) is 4.99 Å². The molecule has 0 heterocycles. The molecule has 0 fully saturated rings. The van der Waals surface area contributed by atoms with Crippen molar-refractivity contribution in [2.75, 3.05) is 0 Å². The summed E-state index contributed by atoms with van der Waals surface area (Å²) in [7, 11) is 0. The van der Waals surface area contributed by atoms with Crippen molar-refractivity contribution in [3.8, 4) is 11.8 Å². The number of unbranched alkanes of at least 4 members (excludes halogenated alkanes) is 16. The van der Waals surface area contributed by atoms with Crippen molar-refractivity contribution in [3.63, 3.8) is 0 Å². The minimum Gasteiger partial charge on any atom is -0.251 e. The normalized spacial score (nSPS) is 12.3. The van der Waals surface area contributed by atoms with Crippen molar-refractivity contribution in [1.82, 2.24) is 0 Å². The number of hydrogen-bond donors (Lipinski definition) is 0. The average Bonchev–Trinajstić information content (AvgIpc) is 3.09. The van der Waals surface area contributed by atoms with Crippen LogP contribution in [-0.4, -0.2) is 11.4 Å². The minimum atomic E-state index is 0.817. The summed E-state index contributed by atoms with van der Waals surface area (Å²) < 4.78 is 0. The molecule has 0 aliphatic carbocycles. The Kier molecular flexibility index (Phi) is 23.7. The number of hydrogen-bond acceptors (Lipinski definition) is 2. The van der Waals surface area contributed by atoms with Gasteiger partial charge in [-0.1, -0.05) is 166 Å². The molecular formula is C45H66N2. The van der Waals surface area contributed by atoms with Crippen LogP contribution in [0.25, 0.3) is 12.2 Å². The lowest BCUT2D eigenvalue weighted by molar-refractivity contribution is 0.567. The first-order valence-corrected chi connectivity index (χ1v) is 19.4. The van der Waals surface area contributed by atoms with E-state index in [1.807, 2.05) is 0 Å². The third kappa shape index (κ3) is 19.9. The molecule has 2 aromatic carbocycles. The van der Waals surface area contributed by atoms with Gasteiger partial charge in [-0.25, -0.2) is 4.99 Å². The highest BCUT2D eigenvalue weighted by atomic mass is 14.8. The predicted molar refractivity (Wildman–Crippen MR) is 213 cm³/mol. The molecule has 0 bridgehead atoms. The van der Waals surface area contributed by atoms with Crippen LogP contribution in [0.1, 0.15) is 174 Å². The van der Waals surface area contributed by atoms with E-state index in [-0.39, 0.29) is 0 Å². The van der Waals surface area contributed by atoms with Crippen molar-refractivity contribution in [2.24, 2.45) is 9.98 Å². The molecule has 0 aliphatic rings. The molecule has 2 rings (SSSR count). The van der Waals surface area contributed by atoms with Gasteiger partial charge in [-0.2, -0.15) is 0 Å². The van der Waals surface area contributed by atoms with E-state index in [4.69, 9.17) is 9.98 Å². The molecule has 2 heteroatoms. The minimum absolute atomic E-state index is 0.817. The molecule has 0 atom stereocenters. The van der Waals surface area contributed by atoms with E-state index < -0.39 is 0 Å². The van der Waals surface area contributed by atoms with Gasteiger partial charge < -0.3 is 0 Å². The van der Waals surface area contributed by atoms with Crippen molar-refractivity contribution < 1.29 is 0 Å². The van der Waals surface area contributed by atoms with Gasteiger partial charge in [0.05, 0.1) is 17.1 Å². The Morgan fingerprint density at radius 2 is 0.957 bits per heavy atom. The van der Waals surface area contributed by atoms with Crippen LogP contribution in [0.3, 0.4) is 0 Å². The van der Waals surface area contributed by atoms with Gasteiger partial charge >= 0.3 is 0 Å². The van der Waals surface area contributed by atoms with Crippen LogP contribution >= 0.6 is 0 Å². The molecule has 0 N–H and O–H groups in total. The number of nitrogens with zero attached hydrogens (tertiary/aromatic N) is 2. The maximum Gasteiger partial charge on any atom is 0.135 e. The summed E-state index contributed by atoms with van der Waals surface area (Å²) in [4.78, 5) is 10.3. The number of benzene rings is 2. The Morgan fingerprint density at radius 3 is 1.47 bits per heavy atom. The van der Waals surface area contributed by atoms with E-state index in [9.17, 15) is 0 Å². The first kappa shape index (κ1) is 40.0. The number of rotatable bonds is 25. The second kappa shape index (κ2) is 27.9. The fraction of sp³-hybridized carbons (Fsp3) is 0.556. The third-order valence-electron chi connectivity index (χ3n) is 8.51. The zero-order valence-corrected chi connectivity index (χ0v) is 30.7. The van der Waals surface area contributed by atoms with Crippen LogP contribution in [0.15, 0.2) is 70.7 Å². The smallest absolute Gasteiger partial charge is 0.135 e. The highest BCUT2D eigenvalue weighted by Gasteiger charge is 2.09. The number of allylic oxidation sites excluding steroid dienone is 2. The molecule has 2 nitrogen and oxygen atoms in total. The zero-order chi connectivity index (χ0) is 33.6. The van der Waals surface area contributed by atoms with Gasteiger partial charge in [0.15, 0.2) is 0 Å². The van der Waals surface area contributed by atoms with E-state index in [2.05, 4.69) is 112 Å². The van der Waals surface area contributed by atoms with Gasteiger partial charge in [-0.15, -0.1) is 0 Å². The van der Waals surface area contributed by atoms with E-state index >= 15 is 0 Å². The lowest BCUT2D eigenvalue weighted by Crippen LogP contribution is -2.12. The van der Waals surface area contributed by atoms with Crippen LogP contribution in [0.5, 0.6) is 0 Å². The molecule has 0 amide bonds. The van der Waals surface area contributed by atoms with E-state index in [0.717, 1.165) is 67.7 Å². The Hall–Kier alpha value is -3.18. The summed E-state index contributed by atoms with van der Waals surface area (Å²) in [5.74, 6) is 6.98. The van der Waals surface area contributed by atoms with Gasteiger partial charge in [-0.05, 0) is 86.3 Å². The second-order valence-corrected chi connectivity index (χ2v) is 13.0. The predicted octanol–water partition coefficient (Wildman–Crippen LogP) is 14.8. The molecule has 0 saturated carbocycles. The molecular weight excluding hydrogens is 569 g/mol. The Bertz CT molecular complexity index is 1230. The Labute approximate surface area is 290 Å². The quantitative estimate of drug-likeness (QED) is 0.0590. The van der Waals surface area contributed by atoms with E-state index in [0.29, 0.717) is 0 Å². The molecule has 0 radical (unpaired) electrons. The highest BCUT2D eigenvalue weighted by Crippen LogP contribution is 2.20. The van der Waals surface area contributed by atoms with Crippen LogP contribution in [0.2, 0.25) is 0 Å².